The van der Waals surface area contributed by atoms with Crippen LogP contribution in [0.4, 0.5) is 0 Å². The lowest BCUT2D eigenvalue weighted by molar-refractivity contribution is -0.138. The molecule has 7 heteroatoms. The van der Waals surface area contributed by atoms with E-state index in [1.54, 1.807) is 16.0 Å². The van der Waals surface area contributed by atoms with Gasteiger partial charge in [0.25, 0.3) is 0 Å². The molecule has 0 radical (unpaired) electrons. The van der Waals surface area contributed by atoms with E-state index in [9.17, 15) is 4.79 Å². The summed E-state index contributed by atoms with van der Waals surface area (Å²) < 4.78 is 1.68. The Kier molecular flexibility index (Phi) is 4.72. The molecule has 0 fully saturated rings. The van der Waals surface area contributed by atoms with Gasteiger partial charge in [0.2, 0.25) is 0 Å². The predicted molar refractivity (Wildman–Crippen MR) is 80.3 cm³/mol. The molecule has 6 nitrogen and oxygen atoms in total. The second-order valence-electron chi connectivity index (χ2n) is 6.31. The summed E-state index contributed by atoms with van der Waals surface area (Å²) >= 11 is 1.64. The fourth-order valence-corrected chi connectivity index (χ4v) is 3.04. The first kappa shape index (κ1) is 15.6. The summed E-state index contributed by atoms with van der Waals surface area (Å²) in [6.07, 6.45) is 1.37. The van der Waals surface area contributed by atoms with Crippen LogP contribution >= 0.6 is 11.3 Å². The monoisotopic (exact) mass is 308 g/mol. The van der Waals surface area contributed by atoms with E-state index in [0.717, 1.165) is 4.88 Å². The van der Waals surface area contributed by atoms with Crippen molar-refractivity contribution in [2.24, 2.45) is 5.41 Å². The number of rotatable bonds is 6. The van der Waals surface area contributed by atoms with Crippen LogP contribution in [0.3, 0.4) is 0 Å². The number of tetrazole rings is 1. The van der Waals surface area contributed by atoms with Crippen LogP contribution in [0, 0.1) is 5.41 Å². The molecule has 0 aliphatic heterocycles. The number of hydrogen-bond donors (Lipinski definition) is 1. The molecule has 114 valence electrons. The molecule has 2 heterocycles. The zero-order chi connectivity index (χ0) is 15.5. The van der Waals surface area contributed by atoms with Gasteiger partial charge in [-0.1, -0.05) is 26.8 Å². The van der Waals surface area contributed by atoms with Crippen LogP contribution < -0.4 is 0 Å². The third-order valence-electron chi connectivity index (χ3n) is 3.08. The Morgan fingerprint density at radius 1 is 1.48 bits per heavy atom. The third kappa shape index (κ3) is 4.63. The zero-order valence-electron chi connectivity index (χ0n) is 12.5. The van der Waals surface area contributed by atoms with Gasteiger partial charge in [-0.3, -0.25) is 4.79 Å². The molecular weight excluding hydrogens is 288 g/mol. The summed E-state index contributed by atoms with van der Waals surface area (Å²) in [5.41, 5.74) is 0.00622. The molecule has 2 aromatic heterocycles. The van der Waals surface area contributed by atoms with Gasteiger partial charge >= 0.3 is 5.97 Å². The number of thiophene rings is 1. The molecule has 0 aliphatic rings. The first-order valence-corrected chi connectivity index (χ1v) is 7.74. The van der Waals surface area contributed by atoms with E-state index in [1.165, 1.54) is 0 Å². The van der Waals surface area contributed by atoms with Gasteiger partial charge in [-0.25, -0.2) is 4.68 Å². The minimum Gasteiger partial charge on any atom is -0.481 e. The van der Waals surface area contributed by atoms with Crippen molar-refractivity contribution in [1.82, 2.24) is 20.2 Å². The summed E-state index contributed by atoms with van der Waals surface area (Å²) in [6, 6.07) is 3.78. The summed E-state index contributed by atoms with van der Waals surface area (Å²) in [5, 5.41) is 23.0. The van der Waals surface area contributed by atoms with Crippen molar-refractivity contribution < 1.29 is 9.90 Å². The molecule has 0 aliphatic carbocycles. The molecule has 2 aromatic rings. The minimum atomic E-state index is -0.832. The predicted octanol–water partition coefficient (Wildman–Crippen LogP) is 2.78. The van der Waals surface area contributed by atoms with Crippen molar-refractivity contribution in [3.63, 3.8) is 0 Å². The molecule has 0 saturated carbocycles. The van der Waals surface area contributed by atoms with Crippen molar-refractivity contribution in [1.29, 1.82) is 0 Å². The number of carbonyl (C=O) groups is 1. The number of carboxylic acids is 1. The Labute approximate surface area is 127 Å². The second kappa shape index (κ2) is 6.34. The molecule has 2 rings (SSSR count). The van der Waals surface area contributed by atoms with Crippen LogP contribution in [0.2, 0.25) is 0 Å². The average Bonchev–Trinajstić information content (AvgIpc) is 2.97. The standard InChI is InChI=1S/C14H20N4O2S/c1-14(2,3)9-10(7-13(19)20)18-12(15-16-17-18)8-11-5-4-6-21-11/h4-6,10H,7-9H2,1-3H3,(H,19,20). The van der Waals surface area contributed by atoms with Crippen LogP contribution in [-0.4, -0.2) is 31.3 Å². The molecule has 1 unspecified atom stereocenters. The Bertz CT molecular complexity index is 586. The number of aromatic nitrogens is 4. The Morgan fingerprint density at radius 2 is 2.24 bits per heavy atom. The zero-order valence-corrected chi connectivity index (χ0v) is 13.3. The molecule has 0 spiro atoms. The first-order valence-electron chi connectivity index (χ1n) is 6.86. The van der Waals surface area contributed by atoms with Crippen LogP contribution in [0.25, 0.3) is 0 Å². The quantitative estimate of drug-likeness (QED) is 0.887. The van der Waals surface area contributed by atoms with Crippen LogP contribution in [-0.2, 0) is 11.2 Å². The van der Waals surface area contributed by atoms with Crippen LogP contribution in [0.1, 0.15) is 50.4 Å². The number of hydrogen-bond acceptors (Lipinski definition) is 5. The summed E-state index contributed by atoms with van der Waals surface area (Å²) in [4.78, 5) is 12.3. The van der Waals surface area contributed by atoms with E-state index < -0.39 is 5.97 Å². The fraction of sp³-hybridized carbons (Fsp3) is 0.571. The maximum absolute atomic E-state index is 11.1. The maximum atomic E-state index is 11.1. The van der Waals surface area contributed by atoms with Gasteiger partial charge in [0.05, 0.1) is 12.5 Å². The fourth-order valence-electron chi connectivity index (χ4n) is 2.33. The van der Waals surface area contributed by atoms with Crippen LogP contribution in [0.15, 0.2) is 17.5 Å². The summed E-state index contributed by atoms with van der Waals surface area (Å²) in [5.74, 6) is -0.116. The third-order valence-corrected chi connectivity index (χ3v) is 3.95. The smallest absolute Gasteiger partial charge is 0.305 e. The van der Waals surface area contributed by atoms with Crippen LogP contribution in [0.5, 0.6) is 0 Å². The van der Waals surface area contributed by atoms with Crippen molar-refractivity contribution in [3.05, 3.63) is 28.2 Å². The Morgan fingerprint density at radius 3 is 2.81 bits per heavy atom. The average molecular weight is 308 g/mol. The van der Waals surface area contributed by atoms with E-state index in [-0.39, 0.29) is 17.9 Å². The van der Waals surface area contributed by atoms with E-state index in [4.69, 9.17) is 5.11 Å². The molecule has 1 atom stereocenters. The van der Waals surface area contributed by atoms with Crippen molar-refractivity contribution in [3.8, 4) is 0 Å². The normalized spacial score (nSPS) is 13.3. The number of carboxylic acid groups (broad SMARTS) is 1. The van der Waals surface area contributed by atoms with Gasteiger partial charge < -0.3 is 5.11 Å². The van der Waals surface area contributed by atoms with Gasteiger partial charge in [0.1, 0.15) is 0 Å². The van der Waals surface area contributed by atoms with E-state index in [0.29, 0.717) is 18.7 Å². The second-order valence-corrected chi connectivity index (χ2v) is 7.34. The minimum absolute atomic E-state index is 0.00622. The SMILES string of the molecule is CC(C)(C)CC(CC(=O)O)n1nnnc1Cc1cccs1. The highest BCUT2D eigenvalue weighted by Gasteiger charge is 2.26. The Balaban J connectivity index is 2.23. The molecular formula is C14H20N4O2S. The van der Waals surface area contributed by atoms with Gasteiger partial charge in [-0.15, -0.1) is 16.4 Å². The van der Waals surface area contributed by atoms with Gasteiger partial charge in [0.15, 0.2) is 5.82 Å². The lowest BCUT2D eigenvalue weighted by Crippen LogP contribution is -2.23. The Hall–Kier alpha value is -1.76. The van der Waals surface area contributed by atoms with E-state index >= 15 is 0 Å². The molecule has 0 bridgehead atoms. The van der Waals surface area contributed by atoms with Gasteiger partial charge in [-0.05, 0) is 33.7 Å². The highest BCUT2D eigenvalue weighted by Crippen LogP contribution is 2.30. The largest absolute Gasteiger partial charge is 0.481 e. The van der Waals surface area contributed by atoms with Crippen molar-refractivity contribution >= 4 is 17.3 Å². The maximum Gasteiger partial charge on any atom is 0.305 e. The topological polar surface area (TPSA) is 80.9 Å². The number of aliphatic carboxylic acids is 1. The molecule has 0 aromatic carbocycles. The molecule has 1 N–H and O–H groups in total. The van der Waals surface area contributed by atoms with Crippen molar-refractivity contribution in [2.45, 2.75) is 46.1 Å². The molecule has 0 amide bonds. The lowest BCUT2D eigenvalue weighted by Gasteiger charge is -2.25. The van der Waals surface area contributed by atoms with Gasteiger partial charge in [-0.2, -0.15) is 0 Å². The number of nitrogens with zero attached hydrogens (tertiary/aromatic N) is 4. The van der Waals surface area contributed by atoms with Gasteiger partial charge in [0, 0.05) is 11.3 Å². The summed E-state index contributed by atoms with van der Waals surface area (Å²) in [7, 11) is 0. The van der Waals surface area contributed by atoms with Crippen molar-refractivity contribution in [2.75, 3.05) is 0 Å². The van der Waals surface area contributed by atoms with E-state index in [1.807, 2.05) is 17.5 Å². The molecule has 21 heavy (non-hydrogen) atoms. The highest BCUT2D eigenvalue weighted by atomic mass is 32.1. The highest BCUT2D eigenvalue weighted by molar-refractivity contribution is 7.09. The molecule has 0 saturated heterocycles. The summed E-state index contributed by atoms with van der Waals surface area (Å²) in [6.45, 7) is 6.27. The first-order chi connectivity index (χ1) is 9.85. The van der Waals surface area contributed by atoms with E-state index in [2.05, 4.69) is 36.3 Å². The lowest BCUT2D eigenvalue weighted by atomic mass is 9.87.